The van der Waals surface area contributed by atoms with E-state index < -0.39 is 58.6 Å². The maximum Gasteiger partial charge on any atom is 0.362 e. The molecular formula is C26H29N11O9S2. The van der Waals surface area contributed by atoms with Crippen molar-refractivity contribution in [3.8, 4) is 5.75 Å². The van der Waals surface area contributed by atoms with Crippen LogP contribution in [0.4, 0.5) is 5.13 Å². The average Bonchev–Trinajstić information content (AvgIpc) is 3.57. The lowest BCUT2D eigenvalue weighted by atomic mass is 9.98. The number of anilines is 1. The van der Waals surface area contributed by atoms with Crippen LogP contribution in [0.1, 0.15) is 11.3 Å². The normalized spacial score (nSPS) is 23.9. The summed E-state index contributed by atoms with van der Waals surface area (Å²) >= 11 is 0.939. The molecule has 1 aromatic carbocycles. The summed E-state index contributed by atoms with van der Waals surface area (Å²) in [6.45, 7) is 1.07. The van der Waals surface area contributed by atoms with E-state index in [9.17, 15) is 32.5 Å². The van der Waals surface area contributed by atoms with Gasteiger partial charge in [-0.1, -0.05) is 5.16 Å². The number of amidine groups is 1. The van der Waals surface area contributed by atoms with E-state index in [0.717, 1.165) is 24.4 Å². The number of β-lactam (4-membered cyclic amide) rings is 1. The summed E-state index contributed by atoms with van der Waals surface area (Å²) in [6.07, 6.45) is 0.691. The fourth-order valence-corrected chi connectivity index (χ4v) is 6.92. The topological polar surface area (TPSA) is 289 Å². The molecule has 2 saturated heterocycles. The van der Waals surface area contributed by atoms with Gasteiger partial charge < -0.3 is 36.4 Å². The zero-order chi connectivity index (χ0) is 34.2. The van der Waals surface area contributed by atoms with E-state index in [1.165, 1.54) is 22.7 Å². The molecule has 254 valence electrons. The van der Waals surface area contributed by atoms with E-state index in [0.29, 0.717) is 17.4 Å². The van der Waals surface area contributed by atoms with Crippen molar-refractivity contribution in [2.45, 2.75) is 30.8 Å². The molecule has 4 heterocycles. The Morgan fingerprint density at radius 2 is 1.96 bits per heavy atom. The SMILES string of the molecule is N=C(N[C@@H]1[C@@H]2CNC[C@@H]21)c1ccc(OC[C@H](O/N=C(\C(=O)N[C@@H]2C(=O)N(S(=O)(=O)O)[C@@H]2Cn2cncn2)c2csc(N)n2)C(=O)O)cc1. The lowest BCUT2D eigenvalue weighted by molar-refractivity contribution is -0.152. The number of carbonyl (C=O) groups is 3. The van der Waals surface area contributed by atoms with E-state index in [4.69, 9.17) is 20.7 Å². The fourth-order valence-electron chi connectivity index (χ4n) is 5.51. The Bertz CT molecular complexity index is 1840. The standard InChI is InChI=1S/C26H29N11O9S2/c27-22(33-19-14-5-29-6-15(14)19)12-1-3-13(4-2-12)45-8-18(25(40)41)46-35-20(16-9-47-26(28)32-16)23(38)34-21-17(7-36-11-30-10-31-36)37(24(21)39)48(42,43)44/h1-4,9-11,14-15,17-19,21,29H,5-8H2,(H2,27,33)(H2,28,32)(H,34,38)(H,40,41)(H,42,43,44)/b35-20-/t14-,15+,17-,18+,19-,21+/m1/s1. The van der Waals surface area contributed by atoms with Gasteiger partial charge in [0.15, 0.2) is 10.8 Å². The van der Waals surface area contributed by atoms with Crippen molar-refractivity contribution in [2.75, 3.05) is 25.4 Å². The van der Waals surface area contributed by atoms with Crippen LogP contribution >= 0.6 is 11.3 Å². The zero-order valence-electron chi connectivity index (χ0n) is 24.7. The number of nitrogens with one attached hydrogen (secondary N) is 4. The highest BCUT2D eigenvalue weighted by Gasteiger charge is 2.55. The molecule has 1 saturated carbocycles. The first-order valence-corrected chi connectivity index (χ1v) is 16.6. The van der Waals surface area contributed by atoms with Crippen LogP contribution in [0.15, 0.2) is 47.5 Å². The number of aliphatic carboxylic acids is 1. The number of hydrogen-bond acceptors (Lipinski definition) is 15. The number of piperidine rings is 1. The molecular weight excluding hydrogens is 674 g/mol. The summed E-state index contributed by atoms with van der Waals surface area (Å²) in [5.41, 5.74) is 5.64. The second kappa shape index (κ2) is 13.1. The summed E-state index contributed by atoms with van der Waals surface area (Å²) in [4.78, 5) is 50.9. The lowest BCUT2D eigenvalue weighted by Crippen LogP contribution is -2.73. The van der Waals surface area contributed by atoms with Gasteiger partial charge in [0.1, 0.15) is 42.6 Å². The van der Waals surface area contributed by atoms with Crippen molar-refractivity contribution in [3.05, 3.63) is 53.6 Å². The Labute approximate surface area is 275 Å². The minimum atomic E-state index is -4.98. The maximum absolute atomic E-state index is 13.4. The summed E-state index contributed by atoms with van der Waals surface area (Å²) in [5.74, 6) is -2.09. The molecule has 1 aliphatic carbocycles. The number of benzene rings is 1. The Morgan fingerprint density at radius 1 is 1.23 bits per heavy atom. The zero-order valence-corrected chi connectivity index (χ0v) is 26.3. The number of carboxylic acid groups (broad SMARTS) is 1. The van der Waals surface area contributed by atoms with Gasteiger partial charge in [0.05, 0.1) is 12.6 Å². The second-order valence-electron chi connectivity index (χ2n) is 11.1. The largest absolute Gasteiger partial charge is 0.489 e. The van der Waals surface area contributed by atoms with Crippen LogP contribution in [0.3, 0.4) is 0 Å². The molecule has 0 radical (unpaired) electrons. The molecule has 22 heteroatoms. The molecule has 3 aromatic rings. The quantitative estimate of drug-likeness (QED) is 0.0311. The summed E-state index contributed by atoms with van der Waals surface area (Å²) < 4.78 is 40.2. The van der Waals surface area contributed by atoms with E-state index in [2.05, 4.69) is 36.2 Å². The molecule has 2 aliphatic heterocycles. The van der Waals surface area contributed by atoms with Crippen LogP contribution in [-0.2, 0) is 36.1 Å². The van der Waals surface area contributed by atoms with Gasteiger partial charge in [-0.2, -0.15) is 13.5 Å². The van der Waals surface area contributed by atoms with Crippen LogP contribution in [-0.4, -0.2) is 115 Å². The van der Waals surface area contributed by atoms with Crippen molar-refractivity contribution in [2.24, 2.45) is 17.0 Å². The Balaban J connectivity index is 1.11. The van der Waals surface area contributed by atoms with Crippen LogP contribution in [0.2, 0.25) is 0 Å². The van der Waals surface area contributed by atoms with Gasteiger partial charge in [0.2, 0.25) is 0 Å². The Kier molecular flexibility index (Phi) is 8.96. The number of nitrogen functional groups attached to an aromatic ring is 1. The van der Waals surface area contributed by atoms with Crippen molar-refractivity contribution in [1.29, 1.82) is 5.41 Å². The van der Waals surface area contributed by atoms with E-state index in [1.807, 2.05) is 0 Å². The minimum Gasteiger partial charge on any atom is -0.489 e. The number of rotatable bonds is 14. The number of nitrogens with two attached hydrogens (primary N) is 1. The molecule has 8 N–H and O–H groups in total. The number of fused-ring (bicyclic) bond motifs is 1. The predicted octanol–water partition coefficient (Wildman–Crippen LogP) is -2.10. The number of amides is 2. The fraction of sp³-hybridized carbons (Fsp3) is 0.385. The smallest absolute Gasteiger partial charge is 0.362 e. The van der Waals surface area contributed by atoms with Gasteiger partial charge >= 0.3 is 16.3 Å². The summed E-state index contributed by atoms with van der Waals surface area (Å²) in [7, 11) is -4.98. The monoisotopic (exact) mass is 703 g/mol. The van der Waals surface area contributed by atoms with E-state index >= 15 is 0 Å². The predicted molar refractivity (Wildman–Crippen MR) is 165 cm³/mol. The van der Waals surface area contributed by atoms with Crippen molar-refractivity contribution < 1.29 is 42.0 Å². The van der Waals surface area contributed by atoms with Gasteiger partial charge in [-0.05, 0) is 36.1 Å². The molecule has 6 atom stereocenters. The van der Waals surface area contributed by atoms with Crippen molar-refractivity contribution in [3.63, 3.8) is 0 Å². The second-order valence-corrected chi connectivity index (χ2v) is 13.2. The Hall–Kier alpha value is -5.19. The molecule has 6 rings (SSSR count). The molecule has 0 bridgehead atoms. The van der Waals surface area contributed by atoms with Crippen LogP contribution < -0.4 is 26.4 Å². The molecule has 2 aromatic heterocycles. The third kappa shape index (κ3) is 6.90. The number of oxime groups is 1. The number of hydrogen-bond donors (Lipinski definition) is 7. The highest BCUT2D eigenvalue weighted by atomic mass is 32.2. The highest BCUT2D eigenvalue weighted by Crippen LogP contribution is 2.41. The Morgan fingerprint density at radius 3 is 2.56 bits per heavy atom. The minimum absolute atomic E-state index is 0.0358. The first-order valence-electron chi connectivity index (χ1n) is 14.3. The van der Waals surface area contributed by atoms with Gasteiger partial charge in [-0.15, -0.1) is 11.3 Å². The van der Waals surface area contributed by atoms with Crippen molar-refractivity contribution >= 4 is 56.1 Å². The number of nitrogens with zero attached hydrogens (tertiary/aromatic N) is 6. The van der Waals surface area contributed by atoms with Gasteiger partial charge in [-0.3, -0.25) is 24.2 Å². The van der Waals surface area contributed by atoms with E-state index in [1.54, 1.807) is 24.3 Å². The molecule has 3 fully saturated rings. The maximum atomic E-state index is 13.4. The van der Waals surface area contributed by atoms with Gasteiger partial charge in [0, 0.05) is 30.1 Å². The first kappa shape index (κ1) is 32.7. The number of ether oxygens (including phenoxy) is 1. The number of aromatic nitrogens is 4. The molecule has 48 heavy (non-hydrogen) atoms. The molecule has 20 nitrogen and oxygen atoms in total. The molecule has 0 spiro atoms. The van der Waals surface area contributed by atoms with Crippen molar-refractivity contribution in [1.82, 2.24) is 40.0 Å². The number of thiazole rings is 1. The summed E-state index contributed by atoms with van der Waals surface area (Å²) in [5, 5.41) is 35.9. The van der Waals surface area contributed by atoms with Gasteiger partial charge in [-0.25, -0.2) is 19.1 Å². The molecule has 3 aliphatic rings. The third-order valence-electron chi connectivity index (χ3n) is 8.02. The number of carboxylic acids is 1. The molecule has 2 amide bonds. The van der Waals surface area contributed by atoms with Crippen LogP contribution in [0, 0.1) is 17.2 Å². The highest BCUT2D eigenvalue weighted by molar-refractivity contribution is 7.84. The third-order valence-corrected chi connectivity index (χ3v) is 9.64. The number of carbonyl (C=O) groups excluding carboxylic acids is 2. The summed E-state index contributed by atoms with van der Waals surface area (Å²) in [6, 6.07) is 3.97. The van der Waals surface area contributed by atoms with Gasteiger partial charge in [0.25, 0.3) is 17.9 Å². The van der Waals surface area contributed by atoms with E-state index in [-0.39, 0.29) is 39.3 Å². The average molecular weight is 704 g/mol. The van der Waals surface area contributed by atoms with Crippen LogP contribution in [0.5, 0.6) is 5.75 Å². The first-order chi connectivity index (χ1) is 22.9. The van der Waals surface area contributed by atoms with Crippen LogP contribution in [0.25, 0.3) is 0 Å². The lowest BCUT2D eigenvalue weighted by Gasteiger charge is -2.43. The molecule has 0 unspecified atom stereocenters.